The Morgan fingerprint density at radius 1 is 1.03 bits per heavy atom. The van der Waals surface area contributed by atoms with E-state index in [1.807, 2.05) is 30.3 Å². The van der Waals surface area contributed by atoms with Crippen LogP contribution in [0.1, 0.15) is 56.9 Å². The van der Waals surface area contributed by atoms with E-state index >= 15 is 0 Å². The lowest BCUT2D eigenvalue weighted by Gasteiger charge is -2.33. The minimum atomic E-state index is -5.25. The number of likely N-dealkylation sites (tertiary alicyclic amines) is 1. The Kier molecular flexibility index (Phi) is 8.93. The minimum Gasteiger partial charge on any atom is -0.443 e. The van der Waals surface area contributed by atoms with Crippen molar-refractivity contribution in [1.29, 1.82) is 0 Å². The van der Waals surface area contributed by atoms with Gasteiger partial charge in [0, 0.05) is 12.6 Å². The van der Waals surface area contributed by atoms with Crippen molar-refractivity contribution in [2.75, 3.05) is 6.54 Å². The first-order valence-corrected chi connectivity index (χ1v) is 11.8. The first kappa shape index (κ1) is 26.0. The largest absolute Gasteiger partial charge is 0.490 e. The summed E-state index contributed by atoms with van der Waals surface area (Å²) in [5, 5.41) is 2.77. The maximum atomic E-state index is 13.1. The van der Waals surface area contributed by atoms with Crippen molar-refractivity contribution in [3.05, 3.63) is 35.9 Å². The molecule has 7 nitrogen and oxygen atoms in total. The second kappa shape index (κ2) is 11.7. The van der Waals surface area contributed by atoms with Crippen LogP contribution in [-0.4, -0.2) is 59.6 Å². The summed E-state index contributed by atoms with van der Waals surface area (Å²) < 4.78 is 43.7. The number of halogens is 3. The molecule has 2 unspecified atom stereocenters. The van der Waals surface area contributed by atoms with Gasteiger partial charge in [-0.2, -0.15) is 13.2 Å². The van der Waals surface area contributed by atoms with Crippen molar-refractivity contribution in [2.45, 2.75) is 88.2 Å². The molecule has 1 aliphatic carbocycles. The van der Waals surface area contributed by atoms with E-state index in [1.165, 1.54) is 4.90 Å². The summed E-state index contributed by atoms with van der Waals surface area (Å²) in [7, 11) is 0. The molecule has 2 aliphatic rings. The second-order valence-electron chi connectivity index (χ2n) is 9.06. The van der Waals surface area contributed by atoms with Crippen LogP contribution in [0.25, 0.3) is 0 Å². The zero-order chi connectivity index (χ0) is 24.7. The molecule has 1 saturated heterocycles. The highest BCUT2D eigenvalue weighted by Crippen LogP contribution is 2.27. The number of nitrogens with two attached hydrogens (primary N) is 1. The van der Waals surface area contributed by atoms with E-state index in [2.05, 4.69) is 5.32 Å². The molecule has 3 rings (SSSR count). The van der Waals surface area contributed by atoms with E-state index in [9.17, 15) is 27.6 Å². The summed E-state index contributed by atoms with van der Waals surface area (Å²) in [6.07, 6.45) is -0.785. The molecule has 1 aliphatic heterocycles. The lowest BCUT2D eigenvalue weighted by Crippen LogP contribution is -2.56. The van der Waals surface area contributed by atoms with Gasteiger partial charge in [0.2, 0.25) is 12.0 Å². The summed E-state index contributed by atoms with van der Waals surface area (Å²) in [5.74, 6) is -3.73. The molecule has 2 amide bonds. The molecule has 0 radical (unpaired) electrons. The van der Waals surface area contributed by atoms with Gasteiger partial charge in [0.25, 0.3) is 5.91 Å². The first-order chi connectivity index (χ1) is 16.2. The van der Waals surface area contributed by atoms with Crippen LogP contribution >= 0.6 is 0 Å². The number of ether oxygens (including phenoxy) is 1. The number of rotatable bonds is 7. The third-order valence-corrected chi connectivity index (χ3v) is 6.47. The van der Waals surface area contributed by atoms with Crippen LogP contribution < -0.4 is 11.1 Å². The number of carbonyl (C=O) groups excluding carboxylic acids is 3. The van der Waals surface area contributed by atoms with Gasteiger partial charge in [0.15, 0.2) is 0 Å². The van der Waals surface area contributed by atoms with Gasteiger partial charge < -0.3 is 20.7 Å². The Bertz CT molecular complexity index is 842. The number of esters is 1. The van der Waals surface area contributed by atoms with Gasteiger partial charge in [-0.15, -0.1) is 0 Å². The van der Waals surface area contributed by atoms with Crippen molar-refractivity contribution < 1.29 is 32.3 Å². The Morgan fingerprint density at radius 3 is 2.29 bits per heavy atom. The number of amides is 2. The van der Waals surface area contributed by atoms with Gasteiger partial charge in [-0.3, -0.25) is 9.59 Å². The third-order valence-electron chi connectivity index (χ3n) is 6.47. The smallest absolute Gasteiger partial charge is 0.443 e. The quantitative estimate of drug-likeness (QED) is 0.459. The van der Waals surface area contributed by atoms with E-state index in [0.717, 1.165) is 31.2 Å². The molecule has 1 saturated carbocycles. The molecule has 1 aromatic rings. The molecular formula is C24H32F3N3O4. The first-order valence-electron chi connectivity index (χ1n) is 11.8. The molecule has 0 spiro atoms. The maximum Gasteiger partial charge on any atom is 0.490 e. The van der Waals surface area contributed by atoms with Crippen molar-refractivity contribution in [1.82, 2.24) is 10.2 Å². The van der Waals surface area contributed by atoms with Gasteiger partial charge in [-0.25, -0.2) is 4.79 Å². The van der Waals surface area contributed by atoms with Crippen molar-refractivity contribution >= 4 is 17.8 Å². The van der Waals surface area contributed by atoms with Gasteiger partial charge in [-0.05, 0) is 37.7 Å². The average Bonchev–Trinajstić information content (AvgIpc) is 3.13. The molecular weight excluding hydrogens is 451 g/mol. The second-order valence-corrected chi connectivity index (χ2v) is 9.06. The molecule has 0 aromatic heterocycles. The third kappa shape index (κ3) is 6.94. The van der Waals surface area contributed by atoms with Crippen molar-refractivity contribution in [2.24, 2.45) is 5.73 Å². The molecule has 34 heavy (non-hydrogen) atoms. The number of alkyl halides is 3. The van der Waals surface area contributed by atoms with Crippen LogP contribution in [0.4, 0.5) is 13.2 Å². The predicted molar refractivity (Wildman–Crippen MR) is 118 cm³/mol. The summed E-state index contributed by atoms with van der Waals surface area (Å²) in [6.45, 7) is 0.225. The Hall–Kier alpha value is -2.62. The Labute approximate surface area is 197 Å². The van der Waals surface area contributed by atoms with E-state index in [4.69, 9.17) is 10.5 Å². The molecule has 1 aromatic carbocycles. The maximum absolute atomic E-state index is 13.1. The number of carbonyl (C=O) groups is 3. The minimum absolute atomic E-state index is 0.201. The number of hydrogen-bond donors (Lipinski definition) is 2. The predicted octanol–water partition coefficient (Wildman–Crippen LogP) is 2.86. The van der Waals surface area contributed by atoms with E-state index in [1.54, 1.807) is 0 Å². The molecule has 0 bridgehead atoms. The molecule has 10 heteroatoms. The normalized spacial score (nSPS) is 21.4. The standard InChI is InChI=1S/C24H32F3N3O4/c25-24(26,27)23(33)34-20(21(31)29-17-11-6-1-2-7-12-17)19-13-8-14-30(19)22(32)18(28)15-16-9-4-3-5-10-16/h3-5,9-10,17-20H,1-2,6-8,11-15,28H2,(H,29,31)/t18-,19?,20?/m0/s1. The number of benzene rings is 1. The zero-order valence-electron chi connectivity index (χ0n) is 19.1. The topological polar surface area (TPSA) is 102 Å². The van der Waals surface area contributed by atoms with Crippen molar-refractivity contribution in [3.8, 4) is 0 Å². The highest BCUT2D eigenvalue weighted by Gasteiger charge is 2.48. The SMILES string of the molecule is N[C@@H](Cc1ccccc1)C(=O)N1CCCC1C(OC(=O)C(F)(F)F)C(=O)NC1CCCCCC1. The monoisotopic (exact) mass is 483 g/mol. The number of nitrogens with one attached hydrogen (secondary N) is 1. The van der Waals surface area contributed by atoms with Crippen LogP contribution in [0.15, 0.2) is 30.3 Å². The fourth-order valence-corrected chi connectivity index (χ4v) is 4.75. The summed E-state index contributed by atoms with van der Waals surface area (Å²) >= 11 is 0. The highest BCUT2D eigenvalue weighted by atomic mass is 19.4. The van der Waals surface area contributed by atoms with Gasteiger partial charge >= 0.3 is 12.1 Å². The number of hydrogen-bond acceptors (Lipinski definition) is 5. The van der Waals surface area contributed by atoms with E-state index in [0.29, 0.717) is 19.3 Å². The van der Waals surface area contributed by atoms with Crippen LogP contribution in [-0.2, 0) is 25.5 Å². The molecule has 2 fully saturated rings. The zero-order valence-corrected chi connectivity index (χ0v) is 19.1. The van der Waals surface area contributed by atoms with Crippen LogP contribution in [0.2, 0.25) is 0 Å². The van der Waals surface area contributed by atoms with Gasteiger partial charge in [0.05, 0.1) is 12.1 Å². The summed E-state index contributed by atoms with van der Waals surface area (Å²) in [5.41, 5.74) is 6.96. The van der Waals surface area contributed by atoms with E-state index < -0.39 is 42.1 Å². The lowest BCUT2D eigenvalue weighted by atomic mass is 10.0. The fourth-order valence-electron chi connectivity index (χ4n) is 4.75. The number of nitrogens with zero attached hydrogens (tertiary/aromatic N) is 1. The van der Waals surface area contributed by atoms with Crippen molar-refractivity contribution in [3.63, 3.8) is 0 Å². The molecule has 3 N–H and O–H groups in total. The lowest BCUT2D eigenvalue weighted by molar-refractivity contribution is -0.207. The average molecular weight is 484 g/mol. The summed E-state index contributed by atoms with van der Waals surface area (Å²) in [6, 6.07) is 6.96. The highest BCUT2D eigenvalue weighted by molar-refractivity contribution is 5.88. The van der Waals surface area contributed by atoms with Gasteiger partial charge in [0.1, 0.15) is 0 Å². The fraction of sp³-hybridized carbons (Fsp3) is 0.625. The molecule has 1 heterocycles. The van der Waals surface area contributed by atoms with Crippen LogP contribution in [0.3, 0.4) is 0 Å². The van der Waals surface area contributed by atoms with Crippen LogP contribution in [0.5, 0.6) is 0 Å². The van der Waals surface area contributed by atoms with E-state index in [-0.39, 0.29) is 25.4 Å². The Morgan fingerprint density at radius 2 is 1.68 bits per heavy atom. The Balaban J connectivity index is 1.76. The molecule has 3 atom stereocenters. The summed E-state index contributed by atoms with van der Waals surface area (Å²) in [4.78, 5) is 39.2. The van der Waals surface area contributed by atoms with Gasteiger partial charge in [-0.1, -0.05) is 56.0 Å². The van der Waals surface area contributed by atoms with Crippen LogP contribution in [0, 0.1) is 0 Å². The molecule has 188 valence electrons.